The second-order valence-electron chi connectivity index (χ2n) is 4.29. The number of aryl methyl sites for hydroxylation is 1. The van der Waals surface area contributed by atoms with Gasteiger partial charge in [0.15, 0.2) is 0 Å². The Bertz CT molecular complexity index is 784. The topological polar surface area (TPSA) is 115 Å². The molecule has 1 aromatic heterocycles. The van der Waals surface area contributed by atoms with Crippen LogP contribution in [0.15, 0.2) is 34.5 Å². The Balaban J connectivity index is 2.30. The first-order valence-corrected chi connectivity index (χ1v) is 8.20. The summed E-state index contributed by atoms with van der Waals surface area (Å²) in [5.41, 5.74) is 6.16. The van der Waals surface area contributed by atoms with Gasteiger partial charge in [-0.3, -0.25) is 14.8 Å². The molecular weight excluding hydrogens is 314 g/mol. The maximum absolute atomic E-state index is 12.2. The molecule has 0 aliphatic rings. The largest absolute Gasteiger partial charge is 0.326 e. The minimum Gasteiger partial charge on any atom is -0.326 e. The zero-order valence-corrected chi connectivity index (χ0v) is 12.7. The van der Waals surface area contributed by atoms with Crippen LogP contribution in [0.1, 0.15) is 10.4 Å². The molecule has 0 saturated heterocycles. The van der Waals surface area contributed by atoms with E-state index in [2.05, 4.69) is 4.72 Å². The van der Waals surface area contributed by atoms with Gasteiger partial charge in [-0.1, -0.05) is 0 Å². The summed E-state index contributed by atoms with van der Waals surface area (Å²) in [6, 6.07) is 7.09. The van der Waals surface area contributed by atoms with Crippen molar-refractivity contribution in [2.24, 2.45) is 5.73 Å². The molecule has 7 nitrogen and oxygen atoms in total. The molecule has 1 heterocycles. The number of thiophene rings is 1. The molecule has 2 aromatic rings. The number of rotatable bonds is 5. The predicted octanol–water partition coefficient (Wildman–Crippen LogP) is 2.22. The van der Waals surface area contributed by atoms with Gasteiger partial charge in [-0.25, -0.2) is 8.42 Å². The van der Waals surface area contributed by atoms with Gasteiger partial charge in [0.1, 0.15) is 4.21 Å². The lowest BCUT2D eigenvalue weighted by molar-refractivity contribution is -0.384. The van der Waals surface area contributed by atoms with Crippen LogP contribution in [-0.4, -0.2) is 13.3 Å². The van der Waals surface area contributed by atoms with E-state index in [0.29, 0.717) is 11.3 Å². The number of non-ortho nitro benzene ring substituents is 1. The third kappa shape index (κ3) is 3.38. The van der Waals surface area contributed by atoms with Crippen LogP contribution in [-0.2, 0) is 16.6 Å². The van der Waals surface area contributed by atoms with Crippen molar-refractivity contribution in [1.29, 1.82) is 0 Å². The van der Waals surface area contributed by atoms with E-state index in [9.17, 15) is 18.5 Å². The summed E-state index contributed by atoms with van der Waals surface area (Å²) in [4.78, 5) is 10.9. The number of benzene rings is 1. The predicted molar refractivity (Wildman–Crippen MR) is 80.9 cm³/mol. The van der Waals surface area contributed by atoms with Crippen LogP contribution in [0, 0.1) is 17.0 Å². The number of hydrogen-bond donors (Lipinski definition) is 2. The third-order valence-electron chi connectivity index (χ3n) is 2.77. The number of nitro groups is 1. The van der Waals surface area contributed by atoms with Gasteiger partial charge in [0, 0.05) is 23.6 Å². The molecule has 0 fully saturated rings. The summed E-state index contributed by atoms with van der Waals surface area (Å²) in [5, 5.41) is 10.7. The summed E-state index contributed by atoms with van der Waals surface area (Å²) in [6.45, 7) is 1.88. The van der Waals surface area contributed by atoms with Crippen molar-refractivity contribution in [3.8, 4) is 0 Å². The van der Waals surface area contributed by atoms with Gasteiger partial charge < -0.3 is 5.73 Å². The molecule has 0 aliphatic heterocycles. The Morgan fingerprint density at radius 3 is 2.57 bits per heavy atom. The minimum atomic E-state index is -3.72. The van der Waals surface area contributed by atoms with Crippen molar-refractivity contribution < 1.29 is 13.3 Å². The standard InChI is InChI=1S/C12H13N3O4S2/c1-8-6-9(15(16)17)2-4-11(8)14-21(18,19)12-5-3-10(7-13)20-12/h2-6,14H,7,13H2,1H3. The Labute approximate surface area is 125 Å². The minimum absolute atomic E-state index is 0.0861. The summed E-state index contributed by atoms with van der Waals surface area (Å²) >= 11 is 1.09. The molecule has 0 spiro atoms. The first-order valence-electron chi connectivity index (χ1n) is 5.90. The fourth-order valence-corrected chi connectivity index (χ4v) is 4.05. The third-order valence-corrected chi connectivity index (χ3v) is 5.73. The van der Waals surface area contributed by atoms with Crippen LogP contribution in [0.4, 0.5) is 11.4 Å². The average molecular weight is 327 g/mol. The molecule has 3 N–H and O–H groups in total. The highest BCUT2D eigenvalue weighted by molar-refractivity contribution is 7.94. The van der Waals surface area contributed by atoms with Gasteiger partial charge in [-0.05, 0) is 30.7 Å². The van der Waals surface area contributed by atoms with E-state index < -0.39 is 14.9 Å². The second-order valence-corrected chi connectivity index (χ2v) is 7.36. The lowest BCUT2D eigenvalue weighted by atomic mass is 10.2. The molecule has 9 heteroatoms. The van der Waals surface area contributed by atoms with E-state index in [-0.39, 0.29) is 16.4 Å². The quantitative estimate of drug-likeness (QED) is 0.645. The van der Waals surface area contributed by atoms with Gasteiger partial charge in [0.25, 0.3) is 15.7 Å². The van der Waals surface area contributed by atoms with Crippen molar-refractivity contribution in [2.75, 3.05) is 4.72 Å². The molecule has 112 valence electrons. The lowest BCUT2D eigenvalue weighted by Crippen LogP contribution is -2.12. The van der Waals surface area contributed by atoms with E-state index in [1.807, 2.05) is 0 Å². The van der Waals surface area contributed by atoms with Gasteiger partial charge in [-0.2, -0.15) is 0 Å². The normalized spacial score (nSPS) is 11.3. The maximum Gasteiger partial charge on any atom is 0.271 e. The van der Waals surface area contributed by atoms with Crippen LogP contribution in [0.5, 0.6) is 0 Å². The highest BCUT2D eigenvalue weighted by Crippen LogP contribution is 2.27. The van der Waals surface area contributed by atoms with Crippen LogP contribution in [0.2, 0.25) is 0 Å². The average Bonchev–Trinajstić information content (AvgIpc) is 2.90. The van der Waals surface area contributed by atoms with Crippen molar-refractivity contribution in [1.82, 2.24) is 0 Å². The van der Waals surface area contributed by atoms with Crippen molar-refractivity contribution in [3.05, 3.63) is 50.9 Å². The molecule has 0 saturated carbocycles. The highest BCUT2D eigenvalue weighted by Gasteiger charge is 2.18. The van der Waals surface area contributed by atoms with Crippen molar-refractivity contribution in [2.45, 2.75) is 17.7 Å². The maximum atomic E-state index is 12.2. The van der Waals surface area contributed by atoms with E-state index in [0.717, 1.165) is 16.2 Å². The smallest absolute Gasteiger partial charge is 0.271 e. The number of nitrogens with zero attached hydrogens (tertiary/aromatic N) is 1. The number of nitrogens with one attached hydrogen (secondary N) is 1. The molecule has 21 heavy (non-hydrogen) atoms. The van der Waals surface area contributed by atoms with E-state index in [1.54, 1.807) is 13.0 Å². The van der Waals surface area contributed by atoms with E-state index in [1.165, 1.54) is 24.3 Å². The summed E-state index contributed by atoms with van der Waals surface area (Å²) in [7, 11) is -3.72. The molecule has 0 atom stereocenters. The molecule has 2 rings (SSSR count). The first-order chi connectivity index (χ1) is 9.83. The molecule has 1 aromatic carbocycles. The van der Waals surface area contributed by atoms with Crippen LogP contribution < -0.4 is 10.5 Å². The summed E-state index contributed by atoms with van der Waals surface area (Å²) in [6.07, 6.45) is 0. The van der Waals surface area contributed by atoms with E-state index in [4.69, 9.17) is 5.73 Å². The number of hydrogen-bond acceptors (Lipinski definition) is 6. The Morgan fingerprint density at radius 1 is 1.33 bits per heavy atom. The van der Waals surface area contributed by atoms with Gasteiger partial charge in [-0.15, -0.1) is 11.3 Å². The molecule has 0 unspecified atom stereocenters. The molecular formula is C12H13N3O4S2. The molecule has 0 bridgehead atoms. The van der Waals surface area contributed by atoms with Gasteiger partial charge in [0.2, 0.25) is 0 Å². The summed E-state index contributed by atoms with van der Waals surface area (Å²) < 4.78 is 27.0. The Hall–Kier alpha value is -1.97. The zero-order valence-electron chi connectivity index (χ0n) is 11.1. The second kappa shape index (κ2) is 5.80. The number of nitro benzene ring substituents is 1. The van der Waals surface area contributed by atoms with Gasteiger partial charge >= 0.3 is 0 Å². The first kappa shape index (κ1) is 15.4. The van der Waals surface area contributed by atoms with Crippen LogP contribution in [0.3, 0.4) is 0 Å². The van der Waals surface area contributed by atoms with Crippen LogP contribution >= 0.6 is 11.3 Å². The number of anilines is 1. The monoisotopic (exact) mass is 327 g/mol. The number of nitrogens with two attached hydrogens (primary N) is 1. The fraction of sp³-hybridized carbons (Fsp3) is 0.167. The zero-order chi connectivity index (χ0) is 15.6. The van der Waals surface area contributed by atoms with Gasteiger partial charge in [0.05, 0.1) is 10.6 Å². The Morgan fingerprint density at radius 2 is 2.05 bits per heavy atom. The fourth-order valence-electron chi connectivity index (χ4n) is 1.68. The molecule has 0 radical (unpaired) electrons. The summed E-state index contributed by atoms with van der Waals surface area (Å²) in [5.74, 6) is 0. The van der Waals surface area contributed by atoms with Crippen LogP contribution in [0.25, 0.3) is 0 Å². The van der Waals surface area contributed by atoms with E-state index >= 15 is 0 Å². The molecule has 0 aliphatic carbocycles. The van der Waals surface area contributed by atoms with Crippen molar-refractivity contribution >= 4 is 32.7 Å². The highest BCUT2D eigenvalue weighted by atomic mass is 32.2. The SMILES string of the molecule is Cc1cc([N+](=O)[O-])ccc1NS(=O)(=O)c1ccc(CN)s1. The Kier molecular flexibility index (Phi) is 4.26. The molecule has 0 amide bonds. The lowest BCUT2D eigenvalue weighted by Gasteiger charge is -2.08. The number of sulfonamides is 1. The van der Waals surface area contributed by atoms with Crippen molar-refractivity contribution in [3.63, 3.8) is 0 Å².